The first-order chi connectivity index (χ1) is 16.1. The first-order valence-corrected chi connectivity index (χ1v) is 12.1. The lowest BCUT2D eigenvalue weighted by Crippen LogP contribution is -2.51. The Hall–Kier alpha value is -2.60. The van der Waals surface area contributed by atoms with Crippen LogP contribution in [0.4, 0.5) is 0 Å². The van der Waals surface area contributed by atoms with Crippen LogP contribution in [0.2, 0.25) is 0 Å². The number of phenolic OH excluding ortho intramolecular Hbond substituents is 1. The van der Waals surface area contributed by atoms with Crippen molar-refractivity contribution < 1.29 is 14.9 Å². The molecule has 1 aliphatic rings. The predicted octanol–water partition coefficient (Wildman–Crippen LogP) is 4.96. The van der Waals surface area contributed by atoms with Gasteiger partial charge in [-0.25, -0.2) is 0 Å². The van der Waals surface area contributed by atoms with Gasteiger partial charge in [-0.05, 0) is 35.1 Å². The van der Waals surface area contributed by atoms with Crippen LogP contribution in [0, 0.1) is 0 Å². The molecule has 0 bridgehead atoms. The minimum atomic E-state index is -0.564. The van der Waals surface area contributed by atoms with E-state index in [1.165, 1.54) is 5.56 Å². The molecule has 2 N–H and O–H groups in total. The van der Waals surface area contributed by atoms with Crippen LogP contribution < -0.4 is 4.74 Å². The van der Waals surface area contributed by atoms with Crippen LogP contribution in [0.5, 0.6) is 11.5 Å². The predicted molar refractivity (Wildman–Crippen MR) is 134 cm³/mol. The summed E-state index contributed by atoms with van der Waals surface area (Å²) in [6.45, 7) is 7.13. The normalized spacial score (nSPS) is 17.2. The maximum atomic E-state index is 11.4. The molecule has 5 nitrogen and oxygen atoms in total. The second kappa shape index (κ2) is 11.0. The van der Waals surface area contributed by atoms with E-state index in [0.717, 1.165) is 68.3 Å². The molecule has 2 atom stereocenters. The number of phenols is 1. The number of methoxy groups -OCH3 is 1. The van der Waals surface area contributed by atoms with E-state index >= 15 is 0 Å². The maximum Gasteiger partial charge on any atom is 0.165 e. The molecule has 2 unspecified atom stereocenters. The number of fused-ring (bicyclic) bond motifs is 1. The molecule has 1 fully saturated rings. The van der Waals surface area contributed by atoms with Crippen molar-refractivity contribution in [2.45, 2.75) is 44.9 Å². The van der Waals surface area contributed by atoms with E-state index < -0.39 is 6.10 Å². The molecular formula is C28H36N2O3. The second-order valence-electron chi connectivity index (χ2n) is 9.05. The first-order valence-electron chi connectivity index (χ1n) is 12.1. The molecule has 5 heteroatoms. The molecule has 176 valence electrons. The molecule has 0 spiro atoms. The van der Waals surface area contributed by atoms with Gasteiger partial charge in [0.1, 0.15) is 0 Å². The number of aromatic hydroxyl groups is 1. The monoisotopic (exact) mass is 448 g/mol. The number of aliphatic hydroxyl groups excluding tert-OH is 1. The quantitative estimate of drug-likeness (QED) is 0.484. The van der Waals surface area contributed by atoms with Crippen LogP contribution in [0.3, 0.4) is 0 Å². The van der Waals surface area contributed by atoms with Gasteiger partial charge in [0.25, 0.3) is 0 Å². The van der Waals surface area contributed by atoms with Crippen LogP contribution in [0.1, 0.15) is 43.4 Å². The van der Waals surface area contributed by atoms with Gasteiger partial charge in [-0.15, -0.1) is 0 Å². The van der Waals surface area contributed by atoms with Crippen molar-refractivity contribution in [2.75, 3.05) is 33.3 Å². The van der Waals surface area contributed by atoms with E-state index in [9.17, 15) is 10.2 Å². The maximum absolute atomic E-state index is 11.4. The summed E-state index contributed by atoms with van der Waals surface area (Å²) in [5.41, 5.74) is 2.25. The minimum absolute atomic E-state index is 0.0909. The van der Waals surface area contributed by atoms with Gasteiger partial charge in [0.15, 0.2) is 11.5 Å². The summed E-state index contributed by atoms with van der Waals surface area (Å²) in [5.74, 6) is 0.609. The Morgan fingerprint density at radius 3 is 2.42 bits per heavy atom. The largest absolute Gasteiger partial charge is 0.504 e. The molecule has 0 aliphatic carbocycles. The van der Waals surface area contributed by atoms with Crippen molar-refractivity contribution in [1.82, 2.24) is 9.80 Å². The van der Waals surface area contributed by atoms with E-state index in [4.69, 9.17) is 4.74 Å². The zero-order valence-corrected chi connectivity index (χ0v) is 19.8. The zero-order chi connectivity index (χ0) is 23.2. The molecule has 0 radical (unpaired) electrons. The highest BCUT2D eigenvalue weighted by molar-refractivity contribution is 5.91. The van der Waals surface area contributed by atoms with Crippen molar-refractivity contribution in [3.05, 3.63) is 71.8 Å². The summed E-state index contributed by atoms with van der Waals surface area (Å²) in [6.07, 6.45) is 2.62. The van der Waals surface area contributed by atoms with Crippen molar-refractivity contribution in [1.29, 1.82) is 0 Å². The Kier molecular flexibility index (Phi) is 7.86. The zero-order valence-electron chi connectivity index (χ0n) is 19.8. The lowest BCUT2D eigenvalue weighted by molar-refractivity contribution is 0.0113. The lowest BCUT2D eigenvalue weighted by atomic mass is 9.93. The van der Waals surface area contributed by atoms with Gasteiger partial charge in [-0.3, -0.25) is 9.80 Å². The fourth-order valence-corrected chi connectivity index (χ4v) is 4.93. The number of benzene rings is 3. The second-order valence-corrected chi connectivity index (χ2v) is 9.05. The number of hydrogen-bond donors (Lipinski definition) is 2. The van der Waals surface area contributed by atoms with Crippen molar-refractivity contribution in [3.63, 3.8) is 0 Å². The minimum Gasteiger partial charge on any atom is -0.504 e. The summed E-state index contributed by atoms with van der Waals surface area (Å²) >= 11 is 0. The topological polar surface area (TPSA) is 56.2 Å². The summed E-state index contributed by atoms with van der Waals surface area (Å²) in [5, 5.41) is 23.5. The smallest absolute Gasteiger partial charge is 0.165 e. The fourth-order valence-electron chi connectivity index (χ4n) is 4.93. The number of piperazine rings is 1. The summed E-state index contributed by atoms with van der Waals surface area (Å²) in [4.78, 5) is 4.97. The summed E-state index contributed by atoms with van der Waals surface area (Å²) in [6, 6.07) is 20.3. The highest BCUT2D eigenvalue weighted by Gasteiger charge is 2.30. The molecule has 33 heavy (non-hydrogen) atoms. The van der Waals surface area contributed by atoms with Gasteiger partial charge in [0.05, 0.1) is 13.2 Å². The number of rotatable bonds is 9. The van der Waals surface area contributed by atoms with Crippen molar-refractivity contribution in [3.8, 4) is 11.5 Å². The SMILES string of the molecule is CCCCC(C(O)c1ccc2c(O)c(OC)ccc2c1)N1CCN(Cc2ccccc2)CC1. The molecule has 1 heterocycles. The molecule has 0 aromatic heterocycles. The van der Waals surface area contributed by atoms with E-state index in [-0.39, 0.29) is 11.8 Å². The number of nitrogens with zero attached hydrogens (tertiary/aromatic N) is 2. The molecule has 0 saturated carbocycles. The van der Waals surface area contributed by atoms with E-state index in [1.54, 1.807) is 13.2 Å². The Morgan fingerprint density at radius 2 is 1.73 bits per heavy atom. The van der Waals surface area contributed by atoms with Gasteiger partial charge >= 0.3 is 0 Å². The van der Waals surface area contributed by atoms with Gasteiger partial charge < -0.3 is 14.9 Å². The van der Waals surface area contributed by atoms with Gasteiger partial charge in [-0.2, -0.15) is 0 Å². The summed E-state index contributed by atoms with van der Waals surface area (Å²) < 4.78 is 5.23. The lowest BCUT2D eigenvalue weighted by Gasteiger charge is -2.41. The molecule has 1 aliphatic heterocycles. The standard InChI is InChI=1S/C28H36N2O3/c1-3-4-10-25(30-17-15-29(16-18-30)20-21-8-6-5-7-9-21)27(31)23-11-13-24-22(19-23)12-14-26(33-2)28(24)32/h5-9,11-14,19,25,27,31-32H,3-4,10,15-18,20H2,1-2H3. The highest BCUT2D eigenvalue weighted by atomic mass is 16.5. The van der Waals surface area contributed by atoms with Crippen LogP contribution in [0.25, 0.3) is 10.8 Å². The van der Waals surface area contributed by atoms with Crippen LogP contribution in [-0.4, -0.2) is 59.3 Å². The highest BCUT2D eigenvalue weighted by Crippen LogP contribution is 2.36. The molecular weight excluding hydrogens is 412 g/mol. The number of hydrogen-bond acceptors (Lipinski definition) is 5. The first kappa shape index (κ1) is 23.6. The third-order valence-corrected chi connectivity index (χ3v) is 6.88. The number of unbranched alkanes of at least 4 members (excludes halogenated alkanes) is 1. The Labute approximate surface area is 197 Å². The Morgan fingerprint density at radius 1 is 0.970 bits per heavy atom. The van der Waals surface area contributed by atoms with Gasteiger partial charge in [0, 0.05) is 44.2 Å². The van der Waals surface area contributed by atoms with Crippen LogP contribution >= 0.6 is 0 Å². The third-order valence-electron chi connectivity index (χ3n) is 6.88. The van der Waals surface area contributed by atoms with Gasteiger partial charge in [0.2, 0.25) is 0 Å². The Balaban J connectivity index is 1.47. The molecule has 1 saturated heterocycles. The number of ether oxygens (including phenoxy) is 1. The molecule has 4 rings (SSSR count). The molecule has 0 amide bonds. The molecule has 3 aromatic rings. The van der Waals surface area contributed by atoms with E-state index in [2.05, 4.69) is 47.1 Å². The van der Waals surface area contributed by atoms with Crippen molar-refractivity contribution in [2.24, 2.45) is 0 Å². The van der Waals surface area contributed by atoms with E-state index in [0.29, 0.717) is 5.75 Å². The molecule has 3 aromatic carbocycles. The summed E-state index contributed by atoms with van der Waals surface area (Å²) in [7, 11) is 1.55. The fraction of sp³-hybridized carbons (Fsp3) is 0.429. The number of aliphatic hydroxyl groups is 1. The van der Waals surface area contributed by atoms with E-state index in [1.807, 2.05) is 24.3 Å². The Bertz CT molecular complexity index is 1030. The van der Waals surface area contributed by atoms with Gasteiger partial charge in [-0.1, -0.05) is 68.3 Å². The third kappa shape index (κ3) is 5.49. The average Bonchev–Trinajstić information content (AvgIpc) is 2.86. The van der Waals surface area contributed by atoms with Crippen LogP contribution in [-0.2, 0) is 6.54 Å². The average molecular weight is 449 g/mol. The van der Waals surface area contributed by atoms with Crippen LogP contribution in [0.15, 0.2) is 60.7 Å². The van der Waals surface area contributed by atoms with Crippen molar-refractivity contribution >= 4 is 10.8 Å².